The Kier molecular flexibility index (Phi) is 5.59. The molecule has 112 valence electrons. The third kappa shape index (κ3) is 3.33. The molecule has 0 fully saturated rings. The van der Waals surface area contributed by atoms with Gasteiger partial charge in [0.15, 0.2) is 0 Å². The Morgan fingerprint density at radius 1 is 1.40 bits per heavy atom. The maximum atomic E-state index is 11.5. The Morgan fingerprint density at radius 3 is 2.45 bits per heavy atom. The molecule has 5 heteroatoms. The summed E-state index contributed by atoms with van der Waals surface area (Å²) in [5.74, 6) is -0.674. The van der Waals surface area contributed by atoms with Crippen LogP contribution in [0.2, 0.25) is 0 Å². The summed E-state index contributed by atoms with van der Waals surface area (Å²) in [4.78, 5) is 13.4. The molecule has 0 aromatic heterocycles. The number of hydrogen-bond acceptors (Lipinski definition) is 3. The van der Waals surface area contributed by atoms with E-state index >= 15 is 0 Å². The van der Waals surface area contributed by atoms with Gasteiger partial charge in [-0.3, -0.25) is 9.69 Å². The maximum Gasteiger partial charge on any atom is 0.323 e. The van der Waals surface area contributed by atoms with E-state index in [2.05, 4.69) is 15.9 Å². The zero-order valence-electron chi connectivity index (χ0n) is 12.4. The average Bonchev–Trinajstić information content (AvgIpc) is 2.38. The summed E-state index contributed by atoms with van der Waals surface area (Å²) in [5.41, 5.74) is -0.248. The number of benzene rings is 1. The number of carbonyl (C=O) groups is 1. The molecule has 20 heavy (non-hydrogen) atoms. The first-order valence-electron chi connectivity index (χ1n) is 6.74. The van der Waals surface area contributed by atoms with Crippen LogP contribution in [0.4, 0.5) is 0 Å². The van der Waals surface area contributed by atoms with E-state index in [4.69, 9.17) is 0 Å². The average molecular weight is 344 g/mol. The van der Waals surface area contributed by atoms with Gasteiger partial charge in [-0.15, -0.1) is 0 Å². The SMILES string of the molecule is CCC(c1cc(Br)ccc1O)N(CC)C(C)(C)C(=O)O. The summed E-state index contributed by atoms with van der Waals surface area (Å²) in [6, 6.07) is 5.10. The number of hydrogen-bond donors (Lipinski definition) is 2. The summed E-state index contributed by atoms with van der Waals surface area (Å²) in [6.07, 6.45) is 0.717. The van der Waals surface area contributed by atoms with Crippen molar-refractivity contribution < 1.29 is 15.0 Å². The van der Waals surface area contributed by atoms with Crippen molar-refractivity contribution in [1.82, 2.24) is 4.90 Å². The molecule has 1 unspecified atom stereocenters. The van der Waals surface area contributed by atoms with Crippen LogP contribution in [0.25, 0.3) is 0 Å². The van der Waals surface area contributed by atoms with Crippen LogP contribution in [0.15, 0.2) is 22.7 Å². The monoisotopic (exact) mass is 343 g/mol. The second-order valence-corrected chi connectivity index (χ2v) is 6.19. The quantitative estimate of drug-likeness (QED) is 0.824. The smallest absolute Gasteiger partial charge is 0.323 e. The van der Waals surface area contributed by atoms with Crippen LogP contribution < -0.4 is 0 Å². The second-order valence-electron chi connectivity index (χ2n) is 5.28. The summed E-state index contributed by atoms with van der Waals surface area (Å²) in [6.45, 7) is 7.89. The van der Waals surface area contributed by atoms with E-state index in [0.717, 1.165) is 10.0 Å². The van der Waals surface area contributed by atoms with Crippen LogP contribution in [0, 0.1) is 0 Å². The first-order chi connectivity index (χ1) is 9.25. The lowest BCUT2D eigenvalue weighted by atomic mass is 9.94. The van der Waals surface area contributed by atoms with Crippen molar-refractivity contribution in [3.05, 3.63) is 28.2 Å². The highest BCUT2D eigenvalue weighted by Crippen LogP contribution is 2.36. The van der Waals surface area contributed by atoms with E-state index in [9.17, 15) is 15.0 Å². The molecule has 0 aliphatic carbocycles. The number of phenolic OH excluding ortho intramolecular Hbond substituents is 1. The lowest BCUT2D eigenvalue weighted by Crippen LogP contribution is -2.51. The van der Waals surface area contributed by atoms with Crippen molar-refractivity contribution in [3.8, 4) is 5.75 Å². The zero-order chi connectivity index (χ0) is 15.5. The Bertz CT molecular complexity index is 488. The van der Waals surface area contributed by atoms with Crippen LogP contribution in [-0.4, -0.2) is 33.2 Å². The van der Waals surface area contributed by atoms with Crippen LogP contribution >= 0.6 is 15.9 Å². The topological polar surface area (TPSA) is 60.8 Å². The van der Waals surface area contributed by atoms with Gasteiger partial charge in [0, 0.05) is 16.1 Å². The molecule has 0 aliphatic rings. The molecule has 1 atom stereocenters. The van der Waals surface area contributed by atoms with Gasteiger partial charge >= 0.3 is 5.97 Å². The van der Waals surface area contributed by atoms with Crippen molar-refractivity contribution in [2.45, 2.75) is 45.7 Å². The van der Waals surface area contributed by atoms with E-state index in [1.165, 1.54) is 0 Å². The molecule has 0 saturated heterocycles. The first-order valence-corrected chi connectivity index (χ1v) is 7.53. The maximum absolute atomic E-state index is 11.5. The molecule has 0 spiro atoms. The van der Waals surface area contributed by atoms with Gasteiger partial charge in [0.1, 0.15) is 11.3 Å². The van der Waals surface area contributed by atoms with Gasteiger partial charge < -0.3 is 10.2 Å². The minimum Gasteiger partial charge on any atom is -0.508 e. The Hall–Kier alpha value is -1.07. The molecule has 0 aliphatic heterocycles. The minimum absolute atomic E-state index is 0.149. The summed E-state index contributed by atoms with van der Waals surface area (Å²) in [5, 5.41) is 19.5. The van der Waals surface area contributed by atoms with Gasteiger partial charge in [0.05, 0.1) is 0 Å². The first kappa shape index (κ1) is 17.0. The van der Waals surface area contributed by atoms with Crippen LogP contribution in [0.5, 0.6) is 5.75 Å². The molecule has 4 nitrogen and oxygen atoms in total. The van der Waals surface area contributed by atoms with Crippen molar-refractivity contribution in [2.75, 3.05) is 6.54 Å². The Balaban J connectivity index is 3.29. The predicted molar refractivity (Wildman–Crippen MR) is 82.9 cm³/mol. The Morgan fingerprint density at radius 2 is 2.00 bits per heavy atom. The highest BCUT2D eigenvalue weighted by Gasteiger charge is 2.38. The largest absolute Gasteiger partial charge is 0.508 e. The molecule has 1 aromatic rings. The third-order valence-corrected chi connectivity index (χ3v) is 4.19. The number of halogens is 1. The highest BCUT2D eigenvalue weighted by atomic mass is 79.9. The standard InChI is InChI=1S/C15H22BrNO3/c1-5-12(11-9-10(16)7-8-13(11)18)17(6-2)15(3,4)14(19)20/h7-9,12,18H,5-6H2,1-4H3,(H,19,20). The van der Waals surface area contributed by atoms with E-state index in [1.807, 2.05) is 24.8 Å². The summed E-state index contributed by atoms with van der Waals surface area (Å²) >= 11 is 3.40. The van der Waals surface area contributed by atoms with Crippen molar-refractivity contribution >= 4 is 21.9 Å². The van der Waals surface area contributed by atoms with E-state index in [1.54, 1.807) is 26.0 Å². The minimum atomic E-state index is -0.996. The lowest BCUT2D eigenvalue weighted by molar-refractivity contribution is -0.151. The summed E-state index contributed by atoms with van der Waals surface area (Å²) in [7, 11) is 0. The molecule has 2 N–H and O–H groups in total. The number of nitrogens with zero attached hydrogens (tertiary/aromatic N) is 1. The molecule has 0 amide bonds. The molecular formula is C15H22BrNO3. The molecular weight excluding hydrogens is 322 g/mol. The van der Waals surface area contributed by atoms with Gasteiger partial charge in [-0.2, -0.15) is 0 Å². The fourth-order valence-electron chi connectivity index (χ4n) is 2.53. The van der Waals surface area contributed by atoms with Crippen LogP contribution in [0.1, 0.15) is 45.7 Å². The Labute approximate surface area is 128 Å². The normalized spacial score (nSPS) is 13.5. The van der Waals surface area contributed by atoms with Crippen LogP contribution in [0.3, 0.4) is 0 Å². The second kappa shape index (κ2) is 6.59. The third-order valence-electron chi connectivity index (χ3n) is 3.69. The number of carboxylic acids is 1. The van der Waals surface area contributed by atoms with Crippen LogP contribution in [-0.2, 0) is 4.79 Å². The van der Waals surface area contributed by atoms with Gasteiger partial charge in [-0.25, -0.2) is 0 Å². The molecule has 0 bridgehead atoms. The molecule has 1 rings (SSSR count). The fourth-order valence-corrected chi connectivity index (χ4v) is 2.91. The fraction of sp³-hybridized carbons (Fsp3) is 0.533. The van der Waals surface area contributed by atoms with Gasteiger partial charge in [0.2, 0.25) is 0 Å². The van der Waals surface area contributed by atoms with E-state index < -0.39 is 11.5 Å². The molecule has 0 saturated carbocycles. The number of likely N-dealkylation sites (N-methyl/N-ethyl adjacent to an activating group) is 1. The van der Waals surface area contributed by atoms with Crippen molar-refractivity contribution in [3.63, 3.8) is 0 Å². The number of phenols is 1. The van der Waals surface area contributed by atoms with E-state index in [0.29, 0.717) is 13.0 Å². The van der Waals surface area contributed by atoms with Crippen molar-refractivity contribution in [2.24, 2.45) is 0 Å². The summed E-state index contributed by atoms with van der Waals surface area (Å²) < 4.78 is 0.868. The van der Waals surface area contributed by atoms with E-state index in [-0.39, 0.29) is 11.8 Å². The van der Waals surface area contributed by atoms with Crippen molar-refractivity contribution in [1.29, 1.82) is 0 Å². The molecule has 0 radical (unpaired) electrons. The number of aliphatic carboxylic acids is 1. The lowest BCUT2D eigenvalue weighted by Gasteiger charge is -2.40. The predicted octanol–water partition coefficient (Wildman–Crippen LogP) is 3.79. The molecule has 0 heterocycles. The van der Waals surface area contributed by atoms with Gasteiger partial charge in [-0.05, 0) is 45.0 Å². The zero-order valence-corrected chi connectivity index (χ0v) is 13.9. The van der Waals surface area contributed by atoms with Gasteiger partial charge in [-0.1, -0.05) is 29.8 Å². The van der Waals surface area contributed by atoms with Gasteiger partial charge in [0.25, 0.3) is 0 Å². The molecule has 1 aromatic carbocycles. The number of rotatable bonds is 6. The highest BCUT2D eigenvalue weighted by molar-refractivity contribution is 9.10. The number of aromatic hydroxyl groups is 1. The number of carboxylic acid groups (broad SMARTS) is 1.